The molecule has 0 nitrogen and oxygen atoms in total. The fraction of sp³-hybridized carbons (Fsp3) is 0.0833. The number of halogens is 5. The molecule has 0 heterocycles. The van der Waals surface area contributed by atoms with Gasteiger partial charge in [-0.3, -0.25) is 0 Å². The first-order valence-corrected chi connectivity index (χ1v) is 9.05. The molecular weight excluding hydrogens is 383 g/mol. The van der Waals surface area contributed by atoms with E-state index in [1.807, 2.05) is 19.1 Å². The Kier molecular flexibility index (Phi) is 4.82. The molecule has 0 amide bonds. The van der Waals surface area contributed by atoms with Crippen LogP contribution in [0, 0.1) is 29.1 Å². The van der Waals surface area contributed by atoms with E-state index in [1.54, 1.807) is 18.2 Å². The summed E-state index contributed by atoms with van der Waals surface area (Å²) in [7, 11) is 0. The minimum absolute atomic E-state index is 0.111. The van der Waals surface area contributed by atoms with Crippen LogP contribution in [-0.2, 0) is 6.42 Å². The SMILES string of the molecule is CCc1ccc2c(F)c(-c3ccc(-c4cc(F)c(F)c(F)c4)c(F)c3)ccc2c1. The monoisotopic (exact) mass is 398 g/mol. The van der Waals surface area contributed by atoms with Gasteiger partial charge in [0.25, 0.3) is 0 Å². The van der Waals surface area contributed by atoms with Gasteiger partial charge >= 0.3 is 0 Å². The fourth-order valence-electron chi connectivity index (χ4n) is 3.41. The van der Waals surface area contributed by atoms with Crippen LogP contribution in [-0.4, -0.2) is 0 Å². The van der Waals surface area contributed by atoms with Gasteiger partial charge in [0.05, 0.1) is 0 Å². The minimum atomic E-state index is -1.62. The number of benzene rings is 4. The summed E-state index contributed by atoms with van der Waals surface area (Å²) in [5, 5.41) is 1.17. The smallest absolute Gasteiger partial charge is 0.194 e. The van der Waals surface area contributed by atoms with Crippen molar-refractivity contribution < 1.29 is 22.0 Å². The standard InChI is InChI=1S/C24H15F5/c1-2-13-3-6-18-14(9-13)5-8-19(23(18)28)15-4-7-17(20(25)10-15)16-11-21(26)24(29)22(27)12-16/h3-12H,2H2,1H3. The van der Waals surface area contributed by atoms with E-state index in [0.717, 1.165) is 35.6 Å². The van der Waals surface area contributed by atoms with Gasteiger partial charge in [-0.2, -0.15) is 0 Å². The first-order valence-electron chi connectivity index (χ1n) is 9.05. The molecule has 0 aliphatic heterocycles. The van der Waals surface area contributed by atoms with Gasteiger partial charge in [0.1, 0.15) is 11.6 Å². The third kappa shape index (κ3) is 3.37. The Balaban J connectivity index is 1.79. The van der Waals surface area contributed by atoms with Crippen molar-refractivity contribution in [3.8, 4) is 22.3 Å². The number of hydrogen-bond donors (Lipinski definition) is 0. The molecule has 0 N–H and O–H groups in total. The summed E-state index contributed by atoms with van der Waals surface area (Å²) in [5.74, 6) is -5.70. The quantitative estimate of drug-likeness (QED) is 0.249. The average molecular weight is 398 g/mol. The van der Waals surface area contributed by atoms with Crippen molar-refractivity contribution in [2.45, 2.75) is 13.3 Å². The highest BCUT2D eigenvalue weighted by Crippen LogP contribution is 2.33. The average Bonchev–Trinajstić information content (AvgIpc) is 2.71. The van der Waals surface area contributed by atoms with Crippen molar-refractivity contribution in [1.82, 2.24) is 0 Å². The van der Waals surface area contributed by atoms with E-state index in [9.17, 15) is 17.6 Å². The van der Waals surface area contributed by atoms with Crippen LogP contribution in [0.3, 0.4) is 0 Å². The van der Waals surface area contributed by atoms with Gasteiger partial charge < -0.3 is 0 Å². The van der Waals surface area contributed by atoms with Crippen LogP contribution in [0.2, 0.25) is 0 Å². The highest BCUT2D eigenvalue weighted by molar-refractivity contribution is 5.89. The maximum atomic E-state index is 15.0. The van der Waals surface area contributed by atoms with Gasteiger partial charge in [-0.1, -0.05) is 49.4 Å². The van der Waals surface area contributed by atoms with Crippen LogP contribution < -0.4 is 0 Å². The topological polar surface area (TPSA) is 0 Å². The molecule has 0 saturated heterocycles. The lowest BCUT2D eigenvalue weighted by atomic mass is 9.96. The Hall–Kier alpha value is -3.21. The lowest BCUT2D eigenvalue weighted by Gasteiger charge is -2.11. The second-order valence-electron chi connectivity index (χ2n) is 6.78. The molecule has 5 heteroatoms. The second kappa shape index (κ2) is 7.32. The Morgan fingerprint density at radius 3 is 1.90 bits per heavy atom. The number of rotatable bonds is 3. The minimum Gasteiger partial charge on any atom is -0.206 e. The molecule has 0 aromatic heterocycles. The molecule has 0 spiro atoms. The van der Waals surface area contributed by atoms with E-state index >= 15 is 4.39 Å². The summed E-state index contributed by atoms with van der Waals surface area (Å²) in [4.78, 5) is 0. The maximum Gasteiger partial charge on any atom is 0.194 e. The first-order chi connectivity index (χ1) is 13.9. The van der Waals surface area contributed by atoms with Gasteiger partial charge in [-0.05, 0) is 46.7 Å². The summed E-state index contributed by atoms with van der Waals surface area (Å²) < 4.78 is 69.8. The Morgan fingerprint density at radius 2 is 1.24 bits per heavy atom. The summed E-state index contributed by atoms with van der Waals surface area (Å²) in [6.07, 6.45) is 0.830. The zero-order chi connectivity index (χ0) is 20.7. The molecule has 0 unspecified atom stereocenters. The molecule has 0 aliphatic carbocycles. The molecule has 0 fully saturated rings. The lowest BCUT2D eigenvalue weighted by molar-refractivity contribution is 0.447. The van der Waals surface area contributed by atoms with Crippen molar-refractivity contribution in [1.29, 1.82) is 0 Å². The van der Waals surface area contributed by atoms with Crippen LogP contribution in [0.1, 0.15) is 12.5 Å². The number of hydrogen-bond acceptors (Lipinski definition) is 0. The zero-order valence-electron chi connectivity index (χ0n) is 15.4. The summed E-state index contributed by atoms with van der Waals surface area (Å²) in [6, 6.07) is 14.1. The molecule has 0 atom stereocenters. The van der Waals surface area contributed by atoms with Gasteiger partial charge in [0, 0.05) is 16.5 Å². The van der Waals surface area contributed by atoms with E-state index in [1.165, 1.54) is 12.1 Å². The second-order valence-corrected chi connectivity index (χ2v) is 6.78. The predicted molar refractivity (Wildman–Crippen MR) is 104 cm³/mol. The third-order valence-corrected chi connectivity index (χ3v) is 5.00. The third-order valence-electron chi connectivity index (χ3n) is 5.00. The molecule has 0 aliphatic rings. The molecule has 4 aromatic carbocycles. The van der Waals surface area contributed by atoms with Gasteiger partial charge in [-0.25, -0.2) is 22.0 Å². The number of fused-ring (bicyclic) bond motifs is 1. The highest BCUT2D eigenvalue weighted by atomic mass is 19.2. The van der Waals surface area contributed by atoms with E-state index in [4.69, 9.17) is 0 Å². The normalized spacial score (nSPS) is 11.2. The fourth-order valence-corrected chi connectivity index (χ4v) is 3.41. The molecule has 0 bridgehead atoms. The Bertz CT molecular complexity index is 1220. The highest BCUT2D eigenvalue weighted by Gasteiger charge is 2.16. The van der Waals surface area contributed by atoms with Gasteiger partial charge in [-0.15, -0.1) is 0 Å². The molecule has 0 radical (unpaired) electrons. The van der Waals surface area contributed by atoms with Crippen LogP contribution in [0.5, 0.6) is 0 Å². The molecular formula is C24H15F5. The van der Waals surface area contributed by atoms with E-state index in [0.29, 0.717) is 5.39 Å². The van der Waals surface area contributed by atoms with Crippen molar-refractivity contribution >= 4 is 10.8 Å². The molecule has 146 valence electrons. The molecule has 29 heavy (non-hydrogen) atoms. The first kappa shape index (κ1) is 19.1. The van der Waals surface area contributed by atoms with Crippen LogP contribution in [0.4, 0.5) is 22.0 Å². The lowest BCUT2D eigenvalue weighted by Crippen LogP contribution is -1.94. The molecule has 4 rings (SSSR count). The van der Waals surface area contributed by atoms with Gasteiger partial charge in [0.15, 0.2) is 17.5 Å². The summed E-state index contributed by atoms with van der Waals surface area (Å²) in [5.41, 5.74) is 1.33. The van der Waals surface area contributed by atoms with Gasteiger partial charge in [0.2, 0.25) is 0 Å². The summed E-state index contributed by atoms with van der Waals surface area (Å²) in [6.45, 7) is 2.01. The Labute approximate surface area is 164 Å². The molecule has 4 aromatic rings. The van der Waals surface area contributed by atoms with E-state index < -0.39 is 29.1 Å². The largest absolute Gasteiger partial charge is 0.206 e. The zero-order valence-corrected chi connectivity index (χ0v) is 15.4. The number of aryl methyl sites for hydroxylation is 1. The van der Waals surface area contributed by atoms with Crippen LogP contribution in [0.25, 0.3) is 33.0 Å². The van der Waals surface area contributed by atoms with Crippen LogP contribution >= 0.6 is 0 Å². The van der Waals surface area contributed by atoms with Crippen molar-refractivity contribution in [3.05, 3.63) is 95.3 Å². The van der Waals surface area contributed by atoms with Crippen LogP contribution in [0.15, 0.2) is 60.7 Å². The van der Waals surface area contributed by atoms with Crippen molar-refractivity contribution in [2.24, 2.45) is 0 Å². The summed E-state index contributed by atoms with van der Waals surface area (Å²) >= 11 is 0. The van der Waals surface area contributed by atoms with E-state index in [2.05, 4.69) is 0 Å². The Morgan fingerprint density at radius 1 is 0.586 bits per heavy atom. The van der Waals surface area contributed by atoms with E-state index in [-0.39, 0.29) is 22.3 Å². The molecule has 0 saturated carbocycles. The van der Waals surface area contributed by atoms with Crippen molar-refractivity contribution in [3.63, 3.8) is 0 Å². The predicted octanol–water partition coefficient (Wildman–Crippen LogP) is 7.43. The maximum absolute atomic E-state index is 15.0. The van der Waals surface area contributed by atoms with Crippen molar-refractivity contribution in [2.75, 3.05) is 0 Å².